The van der Waals surface area contributed by atoms with Gasteiger partial charge in [0, 0.05) is 20.1 Å². The Balaban J connectivity index is 2.46. The summed E-state index contributed by atoms with van der Waals surface area (Å²) in [6, 6.07) is 0. The Kier molecular flexibility index (Phi) is 17.6. The first kappa shape index (κ1) is 33.1. The van der Waals surface area contributed by atoms with Gasteiger partial charge in [-0.15, -0.1) is 0 Å². The lowest BCUT2D eigenvalue weighted by Crippen LogP contribution is -2.32. The first-order valence-corrected chi connectivity index (χ1v) is 15.6. The molecule has 210 valence electrons. The molecule has 0 heterocycles. The van der Waals surface area contributed by atoms with E-state index in [-0.39, 0.29) is 5.43 Å². The molecule has 1 aromatic carbocycles. The van der Waals surface area contributed by atoms with Crippen molar-refractivity contribution in [2.45, 2.75) is 131 Å². The quantitative estimate of drug-likeness (QED) is 0.115. The maximum atomic E-state index is 12.5. The molecule has 0 saturated carbocycles. The van der Waals surface area contributed by atoms with Gasteiger partial charge in [-0.3, -0.25) is 4.79 Å². The van der Waals surface area contributed by atoms with Gasteiger partial charge in [0.25, 0.3) is 0 Å². The lowest BCUT2D eigenvalue weighted by atomic mass is 9.90. The molecule has 4 nitrogen and oxygen atoms in total. The van der Waals surface area contributed by atoms with E-state index in [2.05, 4.69) is 49.7 Å². The van der Waals surface area contributed by atoms with Gasteiger partial charge in [-0.05, 0) is 57.2 Å². The molecule has 0 atom stereocenters. The van der Waals surface area contributed by atoms with E-state index in [1.54, 1.807) is 0 Å². The van der Waals surface area contributed by atoms with Crippen molar-refractivity contribution >= 4 is 23.6 Å². The van der Waals surface area contributed by atoms with Crippen LogP contribution in [-0.4, -0.2) is 44.7 Å². The van der Waals surface area contributed by atoms with E-state index < -0.39 is 0 Å². The van der Waals surface area contributed by atoms with E-state index in [0.29, 0.717) is 9.93 Å². The van der Waals surface area contributed by atoms with Gasteiger partial charge in [-0.1, -0.05) is 111 Å². The largest absolute Gasteiger partial charge is 0.382 e. The molecule has 5 heteroatoms. The number of unbranched alkanes of at least 4 members (excludes halogenated alkanes) is 10. The van der Waals surface area contributed by atoms with Crippen molar-refractivity contribution in [3.05, 3.63) is 14.7 Å². The summed E-state index contributed by atoms with van der Waals surface area (Å²) in [5, 5.41) is 3.52. The van der Waals surface area contributed by atoms with Crippen molar-refractivity contribution in [2.24, 2.45) is 5.41 Å². The second-order valence-corrected chi connectivity index (χ2v) is 12.5. The number of nitrogens with zero attached hydrogens (tertiary/aromatic N) is 2. The molecule has 1 N–H and O–H groups in total. The molecule has 0 aliphatic carbocycles. The van der Waals surface area contributed by atoms with E-state index >= 15 is 0 Å². The van der Waals surface area contributed by atoms with Crippen LogP contribution in [0.15, 0.2) is 4.79 Å². The zero-order chi connectivity index (χ0) is 26.8. The summed E-state index contributed by atoms with van der Waals surface area (Å²) >= 11 is 5.39. The molecule has 0 radical (unpaired) electrons. The summed E-state index contributed by atoms with van der Waals surface area (Å²) in [5.41, 5.74) is 2.07. The third-order valence-corrected chi connectivity index (χ3v) is 7.69. The Morgan fingerprint density at radius 3 is 1.75 bits per heavy atom. The van der Waals surface area contributed by atoms with E-state index in [1.807, 2.05) is 7.05 Å². The van der Waals surface area contributed by atoms with Crippen LogP contribution in [0.5, 0.6) is 0 Å². The van der Waals surface area contributed by atoms with Crippen LogP contribution in [0.1, 0.15) is 131 Å². The minimum Gasteiger partial charge on any atom is -0.382 e. The van der Waals surface area contributed by atoms with E-state index in [0.717, 1.165) is 50.3 Å². The van der Waals surface area contributed by atoms with Crippen LogP contribution in [0, 0.1) is 9.93 Å². The Morgan fingerprint density at radius 2 is 1.22 bits per heavy atom. The average Bonchev–Trinajstić information content (AvgIpc) is 2.83. The first-order valence-electron chi connectivity index (χ1n) is 15.2. The maximum absolute atomic E-state index is 12.5. The van der Waals surface area contributed by atoms with Crippen molar-refractivity contribution in [1.82, 2.24) is 4.90 Å². The van der Waals surface area contributed by atoms with Crippen molar-refractivity contribution in [1.29, 1.82) is 0 Å². The van der Waals surface area contributed by atoms with Crippen LogP contribution in [-0.2, 0) is 0 Å². The van der Waals surface area contributed by atoms with Gasteiger partial charge in [-0.25, -0.2) is 0 Å². The van der Waals surface area contributed by atoms with Gasteiger partial charge in [-0.2, -0.15) is 0 Å². The number of hydrogen-bond acceptors (Lipinski definition) is 5. The fourth-order valence-corrected chi connectivity index (χ4v) is 5.21. The predicted octanol–water partition coefficient (Wildman–Crippen LogP) is 8.74. The van der Waals surface area contributed by atoms with E-state index in [9.17, 15) is 4.79 Å². The van der Waals surface area contributed by atoms with Crippen LogP contribution >= 0.6 is 12.2 Å². The standard InChI is InChI=1S/C31H59N3OS/c1-7-9-11-13-15-17-24-34(25-18-16-14-12-10-8-2)26-20-22-32-27-28(29(35)30(27)36)33(6)23-19-21-31(3,4)5/h32H,7-26H2,1-6H3. The Morgan fingerprint density at radius 1 is 0.722 bits per heavy atom. The van der Waals surface area contributed by atoms with Gasteiger partial charge in [0.1, 0.15) is 10.2 Å². The monoisotopic (exact) mass is 521 g/mol. The van der Waals surface area contributed by atoms with Gasteiger partial charge in [0.2, 0.25) is 5.43 Å². The zero-order valence-corrected chi connectivity index (χ0v) is 25.7. The van der Waals surface area contributed by atoms with Crippen molar-refractivity contribution in [3.63, 3.8) is 0 Å². The van der Waals surface area contributed by atoms with Crippen molar-refractivity contribution < 1.29 is 0 Å². The summed E-state index contributed by atoms with van der Waals surface area (Å²) in [6.45, 7) is 16.7. The van der Waals surface area contributed by atoms with Gasteiger partial charge in [0.05, 0.1) is 5.69 Å². The van der Waals surface area contributed by atoms with Crippen LogP contribution in [0.3, 0.4) is 0 Å². The summed E-state index contributed by atoms with van der Waals surface area (Å²) in [5.74, 6) is 0. The molecule has 0 amide bonds. The van der Waals surface area contributed by atoms with Crippen molar-refractivity contribution in [3.8, 4) is 0 Å². The average molecular weight is 522 g/mol. The number of hydrogen-bond donors (Lipinski definition) is 1. The second kappa shape index (κ2) is 19.2. The summed E-state index contributed by atoms with van der Waals surface area (Å²) in [4.78, 5) is 17.2. The lowest BCUT2D eigenvalue weighted by Gasteiger charge is -2.27. The third-order valence-electron chi connectivity index (χ3n) is 7.30. The highest BCUT2D eigenvalue weighted by molar-refractivity contribution is 7.71. The molecule has 0 fully saturated rings. The molecule has 0 aliphatic heterocycles. The fraction of sp³-hybridized carbons (Fsp3) is 0.871. The van der Waals surface area contributed by atoms with Crippen LogP contribution < -0.4 is 15.6 Å². The molecule has 0 spiro atoms. The minimum atomic E-state index is 0.0403. The van der Waals surface area contributed by atoms with Gasteiger partial charge < -0.3 is 15.1 Å². The third kappa shape index (κ3) is 14.1. The molecular weight excluding hydrogens is 462 g/mol. The molecule has 1 rings (SSSR count). The molecule has 0 unspecified atom stereocenters. The number of nitrogens with one attached hydrogen (secondary N) is 1. The highest BCUT2D eigenvalue weighted by Crippen LogP contribution is 2.27. The van der Waals surface area contributed by atoms with Crippen LogP contribution in [0.2, 0.25) is 0 Å². The first-order chi connectivity index (χ1) is 17.2. The summed E-state index contributed by atoms with van der Waals surface area (Å²) < 4.78 is 0.490. The molecular formula is C31H59N3OS. The van der Waals surface area contributed by atoms with Gasteiger partial charge >= 0.3 is 0 Å². The predicted molar refractivity (Wildman–Crippen MR) is 164 cm³/mol. The summed E-state index contributed by atoms with van der Waals surface area (Å²) in [7, 11) is 2.03. The fourth-order valence-electron chi connectivity index (χ4n) is 4.95. The topological polar surface area (TPSA) is 35.6 Å². The normalized spacial score (nSPS) is 12.1. The molecule has 0 aromatic heterocycles. The number of rotatable bonds is 23. The smallest absolute Gasteiger partial charge is 0.224 e. The molecule has 36 heavy (non-hydrogen) atoms. The molecule has 0 aliphatic rings. The van der Waals surface area contributed by atoms with Gasteiger partial charge in [0.15, 0.2) is 0 Å². The van der Waals surface area contributed by atoms with Crippen LogP contribution in [0.25, 0.3) is 0 Å². The summed E-state index contributed by atoms with van der Waals surface area (Å²) in [6.07, 6.45) is 19.6. The zero-order valence-electron chi connectivity index (χ0n) is 24.9. The Hall–Kier alpha value is -0.940. The minimum absolute atomic E-state index is 0.0403. The molecule has 0 bridgehead atoms. The number of anilines is 2. The Labute approximate surface area is 229 Å². The van der Waals surface area contributed by atoms with E-state index in [1.165, 1.54) is 90.1 Å². The van der Waals surface area contributed by atoms with Crippen LogP contribution in [0.4, 0.5) is 11.4 Å². The highest BCUT2D eigenvalue weighted by atomic mass is 32.1. The lowest BCUT2D eigenvalue weighted by molar-refractivity contribution is 0.259. The molecule has 1 aromatic rings. The molecule has 0 saturated heterocycles. The SMILES string of the molecule is CCCCCCCCN(CCCCCCCC)CCCNc1c(N(C)CCCC(C)(C)C)c(=O)c1=S. The second-order valence-electron chi connectivity index (χ2n) is 12.1. The van der Waals surface area contributed by atoms with E-state index in [4.69, 9.17) is 12.2 Å². The highest BCUT2D eigenvalue weighted by Gasteiger charge is 2.21. The van der Waals surface area contributed by atoms with Crippen molar-refractivity contribution in [2.75, 3.05) is 50.0 Å². The Bertz CT molecular complexity index is 732. The maximum Gasteiger partial charge on any atom is 0.224 e.